The molecule has 0 saturated heterocycles. The molecule has 1 N–H and O–H groups in total. The molecule has 0 atom stereocenters. The average molecular weight is 277 g/mol. The Morgan fingerprint density at radius 2 is 2.05 bits per heavy atom. The van der Waals surface area contributed by atoms with E-state index in [1.165, 1.54) is 16.7 Å². The van der Waals surface area contributed by atoms with E-state index in [-0.39, 0.29) is 0 Å². The first kappa shape index (κ1) is 16.9. The molecule has 0 aliphatic heterocycles. The van der Waals surface area contributed by atoms with E-state index in [1.54, 1.807) is 14.2 Å². The van der Waals surface area contributed by atoms with E-state index in [4.69, 9.17) is 9.47 Å². The van der Waals surface area contributed by atoms with Crippen LogP contribution in [0.15, 0.2) is 29.8 Å². The minimum atomic E-state index is 0.524. The highest BCUT2D eigenvalue weighted by Gasteiger charge is 2.04. The number of nitrogens with one attached hydrogen (secondary N) is 1. The molecule has 3 heteroatoms. The molecule has 0 aliphatic rings. The van der Waals surface area contributed by atoms with Crippen molar-refractivity contribution in [2.45, 2.75) is 20.5 Å². The van der Waals surface area contributed by atoms with Crippen molar-refractivity contribution in [3.05, 3.63) is 41.0 Å². The summed E-state index contributed by atoms with van der Waals surface area (Å²) in [6.45, 7) is 7.63. The summed E-state index contributed by atoms with van der Waals surface area (Å²) in [5.41, 5.74) is 3.84. The summed E-state index contributed by atoms with van der Waals surface area (Å²) >= 11 is 0. The zero-order valence-corrected chi connectivity index (χ0v) is 13.1. The minimum Gasteiger partial charge on any atom is -0.383 e. The largest absolute Gasteiger partial charge is 0.383 e. The fourth-order valence-corrected chi connectivity index (χ4v) is 1.98. The van der Waals surface area contributed by atoms with Crippen LogP contribution in [0.25, 0.3) is 6.08 Å². The second kappa shape index (κ2) is 9.70. The lowest BCUT2D eigenvalue weighted by Gasteiger charge is -2.13. The van der Waals surface area contributed by atoms with Crippen molar-refractivity contribution in [2.75, 3.05) is 33.9 Å². The SMILES string of the molecule is COCCNCC(=Cc1cccc(COC)c1)C(C)C. The van der Waals surface area contributed by atoms with Gasteiger partial charge in [-0.2, -0.15) is 0 Å². The van der Waals surface area contributed by atoms with Crippen LogP contribution in [-0.4, -0.2) is 33.9 Å². The van der Waals surface area contributed by atoms with Gasteiger partial charge in [-0.25, -0.2) is 0 Å². The van der Waals surface area contributed by atoms with Gasteiger partial charge >= 0.3 is 0 Å². The zero-order chi connectivity index (χ0) is 14.8. The van der Waals surface area contributed by atoms with E-state index in [0.717, 1.165) is 19.7 Å². The summed E-state index contributed by atoms with van der Waals surface area (Å²) in [6.07, 6.45) is 2.27. The van der Waals surface area contributed by atoms with Crippen molar-refractivity contribution < 1.29 is 9.47 Å². The van der Waals surface area contributed by atoms with Gasteiger partial charge in [0.15, 0.2) is 0 Å². The smallest absolute Gasteiger partial charge is 0.0713 e. The Labute approximate surface area is 123 Å². The molecule has 0 unspecified atom stereocenters. The van der Waals surface area contributed by atoms with Crippen molar-refractivity contribution in [1.82, 2.24) is 5.32 Å². The van der Waals surface area contributed by atoms with Gasteiger partial charge in [-0.05, 0) is 23.1 Å². The van der Waals surface area contributed by atoms with Gasteiger partial charge in [0.1, 0.15) is 0 Å². The Kier molecular flexibility index (Phi) is 8.19. The van der Waals surface area contributed by atoms with E-state index in [2.05, 4.69) is 49.5 Å². The Morgan fingerprint density at radius 3 is 2.70 bits per heavy atom. The van der Waals surface area contributed by atoms with Gasteiger partial charge < -0.3 is 14.8 Å². The lowest BCUT2D eigenvalue weighted by molar-refractivity contribution is 0.185. The Bertz CT molecular complexity index is 413. The molecule has 0 fully saturated rings. The highest BCUT2D eigenvalue weighted by Crippen LogP contribution is 2.15. The van der Waals surface area contributed by atoms with E-state index < -0.39 is 0 Å². The van der Waals surface area contributed by atoms with Gasteiger partial charge in [0, 0.05) is 27.3 Å². The van der Waals surface area contributed by atoms with Crippen molar-refractivity contribution in [1.29, 1.82) is 0 Å². The molecule has 1 rings (SSSR count). The van der Waals surface area contributed by atoms with Crippen LogP contribution >= 0.6 is 0 Å². The molecule has 0 aliphatic carbocycles. The molecule has 0 radical (unpaired) electrons. The highest BCUT2D eigenvalue weighted by atomic mass is 16.5. The van der Waals surface area contributed by atoms with Crippen LogP contribution in [0.5, 0.6) is 0 Å². The second-order valence-corrected chi connectivity index (χ2v) is 5.22. The molecule has 0 spiro atoms. The monoisotopic (exact) mass is 277 g/mol. The Morgan fingerprint density at radius 1 is 1.25 bits per heavy atom. The van der Waals surface area contributed by atoms with E-state index in [9.17, 15) is 0 Å². The van der Waals surface area contributed by atoms with Crippen LogP contribution < -0.4 is 5.32 Å². The molecule has 20 heavy (non-hydrogen) atoms. The number of methoxy groups -OCH3 is 2. The summed E-state index contributed by atoms with van der Waals surface area (Å²) in [5.74, 6) is 0.524. The maximum atomic E-state index is 5.18. The second-order valence-electron chi connectivity index (χ2n) is 5.22. The number of hydrogen-bond donors (Lipinski definition) is 1. The van der Waals surface area contributed by atoms with Crippen LogP contribution in [0.3, 0.4) is 0 Å². The van der Waals surface area contributed by atoms with Gasteiger partial charge in [0.05, 0.1) is 13.2 Å². The molecule has 3 nitrogen and oxygen atoms in total. The maximum Gasteiger partial charge on any atom is 0.0713 e. The molecule has 112 valence electrons. The number of rotatable bonds is 9. The summed E-state index contributed by atoms with van der Waals surface area (Å²) in [6, 6.07) is 8.49. The van der Waals surface area contributed by atoms with E-state index in [1.807, 2.05) is 0 Å². The fourth-order valence-electron chi connectivity index (χ4n) is 1.98. The van der Waals surface area contributed by atoms with Crippen molar-refractivity contribution >= 4 is 6.08 Å². The molecule has 0 saturated carbocycles. The molecule has 0 bridgehead atoms. The molecular weight excluding hydrogens is 250 g/mol. The minimum absolute atomic E-state index is 0.524. The molecular formula is C17H27NO2. The average Bonchev–Trinajstić information content (AvgIpc) is 2.43. The lowest BCUT2D eigenvalue weighted by Crippen LogP contribution is -2.23. The molecule has 1 aromatic rings. The topological polar surface area (TPSA) is 30.5 Å². The van der Waals surface area contributed by atoms with Crippen LogP contribution in [0.1, 0.15) is 25.0 Å². The quantitative estimate of drug-likeness (QED) is 0.704. The third-order valence-corrected chi connectivity index (χ3v) is 3.17. The summed E-state index contributed by atoms with van der Waals surface area (Å²) in [4.78, 5) is 0. The summed E-state index contributed by atoms with van der Waals surface area (Å²) in [7, 11) is 3.45. The van der Waals surface area contributed by atoms with Crippen LogP contribution in [0, 0.1) is 5.92 Å². The molecule has 1 aromatic carbocycles. The number of ether oxygens (including phenoxy) is 2. The van der Waals surface area contributed by atoms with Crippen molar-refractivity contribution in [2.24, 2.45) is 5.92 Å². The fraction of sp³-hybridized carbons (Fsp3) is 0.529. The maximum absolute atomic E-state index is 5.18. The number of benzene rings is 1. The summed E-state index contributed by atoms with van der Waals surface area (Å²) < 4.78 is 10.2. The van der Waals surface area contributed by atoms with Gasteiger partial charge in [-0.1, -0.05) is 43.7 Å². The Hall–Kier alpha value is -1.16. The predicted molar refractivity (Wildman–Crippen MR) is 84.7 cm³/mol. The molecule has 0 heterocycles. The van der Waals surface area contributed by atoms with Gasteiger partial charge in [-0.3, -0.25) is 0 Å². The Balaban J connectivity index is 2.71. The number of hydrogen-bond acceptors (Lipinski definition) is 3. The first-order valence-corrected chi connectivity index (χ1v) is 7.15. The van der Waals surface area contributed by atoms with Gasteiger partial charge in [0.25, 0.3) is 0 Å². The van der Waals surface area contributed by atoms with Crippen LogP contribution in [0.2, 0.25) is 0 Å². The lowest BCUT2D eigenvalue weighted by atomic mass is 9.99. The van der Waals surface area contributed by atoms with Crippen molar-refractivity contribution in [3.63, 3.8) is 0 Å². The first-order chi connectivity index (χ1) is 9.67. The third kappa shape index (κ3) is 6.33. The van der Waals surface area contributed by atoms with Gasteiger partial charge in [0.2, 0.25) is 0 Å². The van der Waals surface area contributed by atoms with Crippen LogP contribution in [-0.2, 0) is 16.1 Å². The van der Waals surface area contributed by atoms with Gasteiger partial charge in [-0.15, -0.1) is 0 Å². The predicted octanol–water partition coefficient (Wildman–Crippen LogP) is 3.11. The standard InChI is InChI=1S/C17H27NO2/c1-14(2)17(12-18-8-9-19-3)11-15-6-5-7-16(10-15)13-20-4/h5-7,10-11,14,18H,8-9,12-13H2,1-4H3. The zero-order valence-electron chi connectivity index (χ0n) is 13.1. The highest BCUT2D eigenvalue weighted by molar-refractivity contribution is 5.54. The van der Waals surface area contributed by atoms with E-state index >= 15 is 0 Å². The summed E-state index contributed by atoms with van der Waals surface area (Å²) in [5, 5.41) is 3.41. The van der Waals surface area contributed by atoms with Crippen molar-refractivity contribution in [3.8, 4) is 0 Å². The molecule has 0 amide bonds. The third-order valence-electron chi connectivity index (χ3n) is 3.17. The van der Waals surface area contributed by atoms with E-state index in [0.29, 0.717) is 12.5 Å². The molecule has 0 aromatic heterocycles. The first-order valence-electron chi connectivity index (χ1n) is 7.15. The van der Waals surface area contributed by atoms with Crippen LogP contribution in [0.4, 0.5) is 0 Å². The normalized spacial score (nSPS) is 12.2.